The van der Waals surface area contributed by atoms with Gasteiger partial charge in [-0.05, 0) is 25.9 Å². The molecule has 1 unspecified atom stereocenters. The van der Waals surface area contributed by atoms with Gasteiger partial charge in [0.25, 0.3) is 0 Å². The van der Waals surface area contributed by atoms with Gasteiger partial charge in [-0.25, -0.2) is 4.99 Å². The van der Waals surface area contributed by atoms with Crippen LogP contribution in [0.1, 0.15) is 25.5 Å². The second kappa shape index (κ2) is 7.97. The smallest absolute Gasteiger partial charge is 0.189 e. The van der Waals surface area contributed by atoms with Gasteiger partial charge in [0.2, 0.25) is 0 Å². The first-order valence-corrected chi connectivity index (χ1v) is 8.55. The van der Waals surface area contributed by atoms with Crippen molar-refractivity contribution in [2.45, 2.75) is 32.4 Å². The first-order chi connectivity index (χ1) is 11.8. The molecule has 3 N–H and O–H groups in total. The van der Waals surface area contributed by atoms with Gasteiger partial charge in [-0.15, -0.1) is 0 Å². The van der Waals surface area contributed by atoms with E-state index in [1.165, 1.54) is 19.4 Å². The topological polar surface area (TPSA) is 79.7 Å². The number of likely N-dealkylation sites (N-methyl/N-ethyl adjacent to an activating group) is 1. The molecule has 24 heavy (non-hydrogen) atoms. The zero-order chi connectivity index (χ0) is 16.8. The van der Waals surface area contributed by atoms with E-state index in [1.807, 2.05) is 36.4 Å². The van der Waals surface area contributed by atoms with Crippen molar-refractivity contribution in [2.24, 2.45) is 10.7 Å². The lowest BCUT2D eigenvalue weighted by Crippen LogP contribution is -2.42. The number of likely N-dealkylation sites (tertiary alicyclic amines) is 1. The summed E-state index contributed by atoms with van der Waals surface area (Å²) in [5.74, 6) is 1.21. The summed E-state index contributed by atoms with van der Waals surface area (Å²) in [6, 6.07) is 12.4. The summed E-state index contributed by atoms with van der Waals surface area (Å²) in [5, 5.41) is 7.28. The molecule has 0 saturated carbocycles. The van der Waals surface area contributed by atoms with Crippen LogP contribution in [0.15, 0.2) is 45.9 Å². The summed E-state index contributed by atoms with van der Waals surface area (Å²) in [6.07, 6.45) is 2.48. The van der Waals surface area contributed by atoms with Crippen LogP contribution < -0.4 is 11.1 Å². The average molecular weight is 327 g/mol. The molecule has 0 amide bonds. The molecule has 1 aromatic carbocycles. The predicted octanol–water partition coefficient (Wildman–Crippen LogP) is 2.23. The number of hydrogen-bond acceptors (Lipinski definition) is 4. The van der Waals surface area contributed by atoms with E-state index in [1.54, 1.807) is 0 Å². The minimum Gasteiger partial charge on any atom is -0.370 e. The van der Waals surface area contributed by atoms with Crippen LogP contribution in [0.4, 0.5) is 0 Å². The van der Waals surface area contributed by atoms with E-state index in [4.69, 9.17) is 10.3 Å². The zero-order valence-electron chi connectivity index (χ0n) is 14.1. The van der Waals surface area contributed by atoms with E-state index in [0.29, 0.717) is 18.5 Å². The molecule has 1 aliphatic heterocycles. The molecule has 6 nitrogen and oxygen atoms in total. The highest BCUT2D eigenvalue weighted by Gasteiger charge is 2.22. The van der Waals surface area contributed by atoms with Crippen LogP contribution in [-0.4, -0.2) is 41.7 Å². The summed E-state index contributed by atoms with van der Waals surface area (Å²) in [7, 11) is 0. The SMILES string of the molecule is CCN1CCCC1CNC(N)=NCc1cc(-c2ccccc2)on1. The van der Waals surface area contributed by atoms with Crippen LogP contribution in [-0.2, 0) is 6.54 Å². The number of guanidine groups is 1. The first-order valence-electron chi connectivity index (χ1n) is 8.55. The van der Waals surface area contributed by atoms with Crippen LogP contribution in [0.25, 0.3) is 11.3 Å². The Labute approximate surface area is 142 Å². The van der Waals surface area contributed by atoms with Gasteiger partial charge in [-0.2, -0.15) is 0 Å². The maximum absolute atomic E-state index is 5.97. The fraction of sp³-hybridized carbons (Fsp3) is 0.444. The van der Waals surface area contributed by atoms with E-state index < -0.39 is 0 Å². The number of hydrogen-bond donors (Lipinski definition) is 2. The first kappa shape index (κ1) is 16.5. The van der Waals surface area contributed by atoms with Crippen molar-refractivity contribution >= 4 is 5.96 Å². The Morgan fingerprint density at radius 1 is 1.42 bits per heavy atom. The van der Waals surface area contributed by atoms with E-state index in [2.05, 4.69) is 27.3 Å². The van der Waals surface area contributed by atoms with E-state index >= 15 is 0 Å². The van der Waals surface area contributed by atoms with Crippen molar-refractivity contribution in [1.82, 2.24) is 15.4 Å². The molecular weight excluding hydrogens is 302 g/mol. The number of benzene rings is 1. The van der Waals surface area contributed by atoms with Gasteiger partial charge >= 0.3 is 0 Å². The van der Waals surface area contributed by atoms with Crippen molar-refractivity contribution in [2.75, 3.05) is 19.6 Å². The molecule has 1 fully saturated rings. The molecule has 0 bridgehead atoms. The normalized spacial score (nSPS) is 18.9. The fourth-order valence-corrected chi connectivity index (χ4v) is 3.11. The molecule has 2 aromatic rings. The summed E-state index contributed by atoms with van der Waals surface area (Å²) in [4.78, 5) is 6.83. The number of nitrogens with two attached hydrogens (primary N) is 1. The highest BCUT2D eigenvalue weighted by molar-refractivity contribution is 5.77. The molecule has 6 heteroatoms. The van der Waals surface area contributed by atoms with Crippen molar-refractivity contribution in [3.8, 4) is 11.3 Å². The van der Waals surface area contributed by atoms with Crippen LogP contribution in [0, 0.1) is 0 Å². The van der Waals surface area contributed by atoms with E-state index in [0.717, 1.165) is 30.1 Å². The largest absolute Gasteiger partial charge is 0.370 e. The number of aliphatic imine (C=N–C) groups is 1. The Bertz CT molecular complexity index is 667. The quantitative estimate of drug-likeness (QED) is 0.628. The highest BCUT2D eigenvalue weighted by Crippen LogP contribution is 2.20. The number of nitrogens with zero attached hydrogens (tertiary/aromatic N) is 3. The van der Waals surface area contributed by atoms with Gasteiger partial charge in [0, 0.05) is 24.2 Å². The Hall–Kier alpha value is -2.34. The third-order valence-corrected chi connectivity index (χ3v) is 4.45. The number of rotatable bonds is 6. The summed E-state index contributed by atoms with van der Waals surface area (Å²) in [6.45, 7) is 5.73. The van der Waals surface area contributed by atoms with Gasteiger partial charge in [-0.3, -0.25) is 4.90 Å². The monoisotopic (exact) mass is 327 g/mol. The summed E-state index contributed by atoms with van der Waals surface area (Å²) >= 11 is 0. The molecule has 3 rings (SSSR count). The maximum atomic E-state index is 5.97. The minimum atomic E-state index is 0.414. The van der Waals surface area contributed by atoms with Gasteiger partial charge < -0.3 is 15.6 Å². The number of nitrogens with one attached hydrogen (secondary N) is 1. The summed E-state index contributed by atoms with van der Waals surface area (Å²) < 4.78 is 5.37. The molecule has 0 spiro atoms. The molecule has 1 atom stereocenters. The Balaban J connectivity index is 1.51. The van der Waals surface area contributed by atoms with Crippen LogP contribution >= 0.6 is 0 Å². The fourth-order valence-electron chi connectivity index (χ4n) is 3.11. The lowest BCUT2D eigenvalue weighted by atomic mass is 10.2. The highest BCUT2D eigenvalue weighted by atomic mass is 16.5. The van der Waals surface area contributed by atoms with Gasteiger partial charge in [0.15, 0.2) is 11.7 Å². The third kappa shape index (κ3) is 4.14. The van der Waals surface area contributed by atoms with Crippen LogP contribution in [0.2, 0.25) is 0 Å². The van der Waals surface area contributed by atoms with Crippen molar-refractivity contribution in [3.05, 3.63) is 42.1 Å². The van der Waals surface area contributed by atoms with E-state index in [9.17, 15) is 0 Å². The van der Waals surface area contributed by atoms with Crippen LogP contribution in [0.3, 0.4) is 0 Å². The molecule has 128 valence electrons. The van der Waals surface area contributed by atoms with Gasteiger partial charge in [-0.1, -0.05) is 42.4 Å². The Kier molecular flexibility index (Phi) is 5.48. The number of aromatic nitrogens is 1. The standard InChI is InChI=1S/C18H25N5O/c1-2-23-10-6-9-16(23)13-21-18(19)20-12-15-11-17(24-22-15)14-7-4-3-5-8-14/h3-5,7-8,11,16H,2,6,9-10,12-13H2,1H3,(H3,19,20,21). The Morgan fingerprint density at radius 2 is 2.25 bits per heavy atom. The second-order valence-corrected chi connectivity index (χ2v) is 6.06. The lowest BCUT2D eigenvalue weighted by Gasteiger charge is -2.23. The molecule has 0 radical (unpaired) electrons. The molecule has 1 saturated heterocycles. The predicted molar refractivity (Wildman–Crippen MR) is 95.5 cm³/mol. The minimum absolute atomic E-state index is 0.414. The van der Waals surface area contributed by atoms with Gasteiger partial charge in [0.1, 0.15) is 5.69 Å². The van der Waals surface area contributed by atoms with Gasteiger partial charge in [0.05, 0.1) is 6.54 Å². The third-order valence-electron chi connectivity index (χ3n) is 4.45. The summed E-state index contributed by atoms with van der Waals surface area (Å²) in [5.41, 5.74) is 7.75. The molecule has 1 aliphatic rings. The molecule has 1 aromatic heterocycles. The maximum Gasteiger partial charge on any atom is 0.189 e. The van der Waals surface area contributed by atoms with Crippen molar-refractivity contribution in [1.29, 1.82) is 0 Å². The zero-order valence-corrected chi connectivity index (χ0v) is 14.1. The molecule has 0 aliphatic carbocycles. The average Bonchev–Trinajstić information content (AvgIpc) is 3.28. The van der Waals surface area contributed by atoms with Crippen molar-refractivity contribution in [3.63, 3.8) is 0 Å². The van der Waals surface area contributed by atoms with E-state index in [-0.39, 0.29) is 0 Å². The molecular formula is C18H25N5O. The lowest BCUT2D eigenvalue weighted by molar-refractivity contribution is 0.267. The van der Waals surface area contributed by atoms with Crippen LogP contribution in [0.5, 0.6) is 0 Å². The second-order valence-electron chi connectivity index (χ2n) is 6.06. The molecule has 2 heterocycles. The van der Waals surface area contributed by atoms with Crippen molar-refractivity contribution < 1.29 is 4.52 Å². The Morgan fingerprint density at radius 3 is 3.04 bits per heavy atom.